The Bertz CT molecular complexity index is 1180. The lowest BCUT2D eigenvalue weighted by molar-refractivity contribution is -0.141. The van der Waals surface area contributed by atoms with Crippen molar-refractivity contribution < 1.29 is 14.3 Å². The number of carbonyl (C=O) groups is 1. The van der Waals surface area contributed by atoms with Crippen LogP contribution in [0.15, 0.2) is 55.0 Å². The van der Waals surface area contributed by atoms with Gasteiger partial charge in [0.15, 0.2) is 5.78 Å². The van der Waals surface area contributed by atoms with Gasteiger partial charge in [-0.15, -0.1) is 0 Å². The minimum Gasteiger partial charge on any atom is -0.382 e. The highest BCUT2D eigenvalue weighted by atomic mass is 19.1. The first-order valence-electron chi connectivity index (χ1n) is 10.6. The summed E-state index contributed by atoms with van der Waals surface area (Å²) in [6, 6.07) is 14.1. The molecule has 1 unspecified atom stereocenters. The van der Waals surface area contributed by atoms with Crippen molar-refractivity contribution in [3.05, 3.63) is 77.5 Å². The summed E-state index contributed by atoms with van der Waals surface area (Å²) in [7, 11) is 0. The van der Waals surface area contributed by atoms with Crippen LogP contribution in [-0.4, -0.2) is 26.0 Å². The first-order valence-corrected chi connectivity index (χ1v) is 10.6. The van der Waals surface area contributed by atoms with E-state index < -0.39 is 11.6 Å². The van der Waals surface area contributed by atoms with Crippen LogP contribution >= 0.6 is 0 Å². The third-order valence-corrected chi connectivity index (χ3v) is 6.89. The van der Waals surface area contributed by atoms with Gasteiger partial charge in [0.05, 0.1) is 35.9 Å². The van der Waals surface area contributed by atoms with Gasteiger partial charge in [-0.1, -0.05) is 24.3 Å². The number of carbonyl (C=O) groups excluding carboxylic acids is 1. The average molecular weight is 415 g/mol. The number of nitriles is 1. The van der Waals surface area contributed by atoms with Gasteiger partial charge in [-0.25, -0.2) is 9.37 Å². The molecular formula is C25H22FN3O2. The van der Waals surface area contributed by atoms with Crippen LogP contribution in [0.3, 0.4) is 0 Å². The van der Waals surface area contributed by atoms with Crippen LogP contribution in [0.2, 0.25) is 0 Å². The number of rotatable bonds is 4. The van der Waals surface area contributed by atoms with Crippen molar-refractivity contribution >= 4 is 5.78 Å². The van der Waals surface area contributed by atoms with Gasteiger partial charge in [-0.3, -0.25) is 4.79 Å². The van der Waals surface area contributed by atoms with E-state index >= 15 is 0 Å². The van der Waals surface area contributed by atoms with E-state index in [2.05, 4.69) is 11.1 Å². The molecule has 156 valence electrons. The molecule has 1 fully saturated rings. The van der Waals surface area contributed by atoms with Crippen LogP contribution in [0.4, 0.5) is 4.39 Å². The molecule has 31 heavy (non-hydrogen) atoms. The number of ketones is 1. The molecule has 0 radical (unpaired) electrons. The number of nitrogens with zero attached hydrogens (tertiary/aromatic N) is 3. The lowest BCUT2D eigenvalue weighted by Gasteiger charge is -2.35. The molecule has 2 aliphatic rings. The van der Waals surface area contributed by atoms with Crippen LogP contribution in [0.5, 0.6) is 0 Å². The number of benzene rings is 2. The topological polar surface area (TPSA) is 78.9 Å². The predicted molar refractivity (Wildman–Crippen MR) is 113 cm³/mol. The van der Waals surface area contributed by atoms with E-state index in [1.165, 1.54) is 6.07 Å². The summed E-state index contributed by atoms with van der Waals surface area (Å²) >= 11 is 0. The molecule has 5 rings (SSSR count). The Morgan fingerprint density at radius 3 is 2.68 bits per heavy atom. The molecule has 6 heteroatoms. The molecule has 0 spiro atoms. The van der Waals surface area contributed by atoms with Gasteiger partial charge in [-0.2, -0.15) is 5.26 Å². The van der Waals surface area contributed by atoms with E-state index in [1.807, 2.05) is 22.8 Å². The number of aliphatic hydroxyl groups is 1. The second kappa shape index (κ2) is 7.44. The van der Waals surface area contributed by atoms with Crippen molar-refractivity contribution in [1.82, 2.24) is 9.55 Å². The van der Waals surface area contributed by atoms with Gasteiger partial charge in [-0.05, 0) is 55.4 Å². The molecule has 0 bridgehead atoms. The molecule has 1 aromatic heterocycles. The third kappa shape index (κ3) is 3.26. The van der Waals surface area contributed by atoms with E-state index in [9.17, 15) is 14.3 Å². The standard InChI is InChI=1S/C25H22FN3O2/c26-20-3-1-2-19-22-14-28-15-29(22)21(24(19)20)12-23(30)25(31)10-8-18(9-11-25)17-6-4-16(13-27)5-7-17/h1-7,14-15,18,21,31H,8-12H2. The van der Waals surface area contributed by atoms with Gasteiger partial charge in [0.1, 0.15) is 11.4 Å². The summed E-state index contributed by atoms with van der Waals surface area (Å²) in [5.74, 6) is -0.326. The van der Waals surface area contributed by atoms with Gasteiger partial charge in [0.2, 0.25) is 0 Å². The van der Waals surface area contributed by atoms with Crippen molar-refractivity contribution in [3.8, 4) is 17.3 Å². The van der Waals surface area contributed by atoms with E-state index in [0.717, 1.165) is 16.8 Å². The number of hydrogen-bond donors (Lipinski definition) is 1. The average Bonchev–Trinajstić information content (AvgIpc) is 3.38. The zero-order valence-electron chi connectivity index (χ0n) is 17.0. The summed E-state index contributed by atoms with van der Waals surface area (Å²) in [4.78, 5) is 17.4. The zero-order chi connectivity index (χ0) is 21.6. The van der Waals surface area contributed by atoms with E-state index in [1.54, 1.807) is 30.7 Å². The maximum Gasteiger partial charge on any atom is 0.166 e. The lowest BCUT2D eigenvalue weighted by Crippen LogP contribution is -2.42. The molecule has 0 amide bonds. The molecule has 5 nitrogen and oxygen atoms in total. The third-order valence-electron chi connectivity index (χ3n) is 6.89. The van der Waals surface area contributed by atoms with Crippen molar-refractivity contribution in [3.63, 3.8) is 0 Å². The summed E-state index contributed by atoms with van der Waals surface area (Å²) in [6.07, 6.45) is 5.49. The van der Waals surface area contributed by atoms with E-state index in [0.29, 0.717) is 36.8 Å². The highest BCUT2D eigenvalue weighted by molar-refractivity contribution is 5.88. The van der Waals surface area contributed by atoms with Crippen molar-refractivity contribution in [1.29, 1.82) is 5.26 Å². The Morgan fingerprint density at radius 2 is 1.97 bits per heavy atom. The van der Waals surface area contributed by atoms with Gasteiger partial charge >= 0.3 is 0 Å². The molecule has 1 saturated carbocycles. The fourth-order valence-electron chi connectivity index (χ4n) is 5.10. The quantitative estimate of drug-likeness (QED) is 0.680. The minimum atomic E-state index is -1.39. The minimum absolute atomic E-state index is 0.0370. The van der Waals surface area contributed by atoms with Gasteiger partial charge in [0, 0.05) is 17.5 Å². The molecule has 1 N–H and O–H groups in total. The Morgan fingerprint density at radius 1 is 1.23 bits per heavy atom. The largest absolute Gasteiger partial charge is 0.382 e. The van der Waals surface area contributed by atoms with Gasteiger partial charge < -0.3 is 9.67 Å². The van der Waals surface area contributed by atoms with Crippen molar-refractivity contribution in [2.24, 2.45) is 0 Å². The number of halogens is 1. The Hall–Kier alpha value is -3.30. The Labute approximate surface area is 179 Å². The molecular weight excluding hydrogens is 393 g/mol. The lowest BCUT2D eigenvalue weighted by atomic mass is 9.73. The number of Topliss-reactive ketones (excluding diaryl/α,β-unsaturated/α-hetero) is 1. The number of imidazole rings is 1. The monoisotopic (exact) mass is 415 g/mol. The molecule has 2 heterocycles. The fraction of sp³-hybridized carbons (Fsp3) is 0.320. The Balaban J connectivity index is 1.32. The van der Waals surface area contributed by atoms with E-state index in [4.69, 9.17) is 5.26 Å². The molecule has 0 saturated heterocycles. The number of fused-ring (bicyclic) bond motifs is 3. The SMILES string of the molecule is N#Cc1ccc(C2CCC(O)(C(=O)CC3c4c(F)cccc4-c4cncn43)CC2)cc1. The van der Waals surface area contributed by atoms with Crippen LogP contribution in [0, 0.1) is 17.1 Å². The second-order valence-electron chi connectivity index (χ2n) is 8.57. The van der Waals surface area contributed by atoms with E-state index in [-0.39, 0.29) is 23.9 Å². The molecule has 1 aliphatic carbocycles. The highest BCUT2D eigenvalue weighted by Crippen LogP contribution is 2.45. The first-order chi connectivity index (χ1) is 15.0. The highest BCUT2D eigenvalue weighted by Gasteiger charge is 2.42. The zero-order valence-corrected chi connectivity index (χ0v) is 17.0. The van der Waals surface area contributed by atoms with Crippen LogP contribution < -0.4 is 0 Å². The second-order valence-corrected chi connectivity index (χ2v) is 8.57. The molecule has 1 aliphatic heterocycles. The smallest absolute Gasteiger partial charge is 0.166 e. The Kier molecular flexibility index (Phi) is 4.71. The maximum atomic E-state index is 14.6. The molecule has 2 aromatic carbocycles. The summed E-state index contributed by atoms with van der Waals surface area (Å²) in [5, 5.41) is 20.1. The summed E-state index contributed by atoms with van der Waals surface area (Å²) in [6.45, 7) is 0. The predicted octanol–water partition coefficient (Wildman–Crippen LogP) is 4.51. The normalized spacial score (nSPS) is 24.3. The van der Waals surface area contributed by atoms with Crippen molar-refractivity contribution in [2.75, 3.05) is 0 Å². The fourth-order valence-corrected chi connectivity index (χ4v) is 5.10. The number of aromatic nitrogens is 2. The molecule has 1 atom stereocenters. The summed E-state index contributed by atoms with van der Waals surface area (Å²) in [5.41, 5.74) is 2.41. The van der Waals surface area contributed by atoms with Crippen molar-refractivity contribution in [2.45, 2.75) is 49.7 Å². The first kappa shape index (κ1) is 19.7. The summed E-state index contributed by atoms with van der Waals surface area (Å²) < 4.78 is 16.5. The number of hydrogen-bond acceptors (Lipinski definition) is 4. The maximum absolute atomic E-state index is 14.6. The van der Waals surface area contributed by atoms with Gasteiger partial charge in [0.25, 0.3) is 0 Å². The van der Waals surface area contributed by atoms with Crippen LogP contribution in [0.1, 0.15) is 60.8 Å². The van der Waals surface area contributed by atoms with Crippen LogP contribution in [0.25, 0.3) is 11.3 Å². The molecule has 3 aromatic rings. The van der Waals surface area contributed by atoms with Crippen LogP contribution in [-0.2, 0) is 4.79 Å².